The Kier molecular flexibility index (Phi) is 7.22. The van der Waals surface area contributed by atoms with Crippen molar-refractivity contribution in [3.8, 4) is 11.8 Å². The normalized spacial score (nSPS) is 12.7. The summed E-state index contributed by atoms with van der Waals surface area (Å²) in [5, 5.41) is 0. The zero-order valence-corrected chi connectivity index (χ0v) is 19.4. The lowest BCUT2D eigenvalue weighted by molar-refractivity contribution is 0.0672. The van der Waals surface area contributed by atoms with Gasteiger partial charge >= 0.3 is 5.69 Å². The fourth-order valence-corrected chi connectivity index (χ4v) is 3.78. The first kappa shape index (κ1) is 23.7. The summed E-state index contributed by atoms with van der Waals surface area (Å²) in [7, 11) is 0. The van der Waals surface area contributed by atoms with Crippen LogP contribution in [0.3, 0.4) is 0 Å². The summed E-state index contributed by atoms with van der Waals surface area (Å²) in [4.78, 5) is 52.7. The van der Waals surface area contributed by atoms with Crippen LogP contribution < -0.4 is 11.2 Å². The molecule has 1 aromatic heterocycles. The molecular formula is C28H25N3O4. The number of hydrogen-bond donors (Lipinski definition) is 1. The minimum absolute atomic E-state index is 0.0887. The van der Waals surface area contributed by atoms with Crippen LogP contribution in [0.25, 0.3) is 0 Å². The van der Waals surface area contributed by atoms with Crippen molar-refractivity contribution in [2.45, 2.75) is 32.7 Å². The lowest BCUT2D eigenvalue weighted by atomic mass is 10.1. The highest BCUT2D eigenvalue weighted by Crippen LogP contribution is 2.22. The lowest BCUT2D eigenvalue weighted by Crippen LogP contribution is -2.31. The van der Waals surface area contributed by atoms with Crippen LogP contribution in [-0.4, -0.2) is 32.8 Å². The van der Waals surface area contributed by atoms with E-state index in [1.54, 1.807) is 36.4 Å². The number of carbonyl (C=O) groups excluding carboxylic acids is 2. The molecule has 2 heterocycles. The van der Waals surface area contributed by atoms with Crippen molar-refractivity contribution in [1.82, 2.24) is 14.5 Å². The van der Waals surface area contributed by atoms with E-state index in [1.807, 2.05) is 24.3 Å². The second-order valence-corrected chi connectivity index (χ2v) is 8.24. The van der Waals surface area contributed by atoms with E-state index >= 15 is 0 Å². The number of carbonyl (C=O) groups is 2. The molecule has 0 bridgehead atoms. The molecule has 0 aliphatic carbocycles. The first-order valence-electron chi connectivity index (χ1n) is 11.5. The Morgan fingerprint density at radius 1 is 0.857 bits per heavy atom. The van der Waals surface area contributed by atoms with E-state index in [4.69, 9.17) is 0 Å². The topological polar surface area (TPSA) is 92.2 Å². The van der Waals surface area contributed by atoms with Gasteiger partial charge in [0, 0.05) is 24.8 Å². The minimum Gasteiger partial charge on any atom is -0.296 e. The van der Waals surface area contributed by atoms with Crippen LogP contribution in [0, 0.1) is 11.8 Å². The fraction of sp³-hybridized carbons (Fsp3) is 0.214. The molecule has 1 N–H and O–H groups in total. The standard InChI is InChI=1S/C28H25N3O4/c1-2-3-8-20-11-13-21(14-12-20)15-16-22-19-30(28(35)29-25(22)32)17-6-7-18-31-26(33)23-9-4-5-10-24(23)27(31)34/h4-7,9-14,19H,2-3,8,17-18H2,1H3,(H,29,32,35)/b7-6+. The number of nitrogens with one attached hydrogen (secondary N) is 1. The lowest BCUT2D eigenvalue weighted by Gasteiger charge is -2.10. The van der Waals surface area contributed by atoms with E-state index in [-0.39, 0.29) is 30.5 Å². The Balaban J connectivity index is 1.43. The number of hydrogen-bond acceptors (Lipinski definition) is 4. The van der Waals surface area contributed by atoms with E-state index in [9.17, 15) is 19.2 Å². The van der Waals surface area contributed by atoms with Gasteiger partial charge in [-0.2, -0.15) is 0 Å². The van der Waals surface area contributed by atoms with Gasteiger partial charge in [-0.15, -0.1) is 0 Å². The molecule has 176 valence electrons. The maximum atomic E-state index is 12.4. The third-order valence-electron chi connectivity index (χ3n) is 5.76. The highest BCUT2D eigenvalue weighted by atomic mass is 16.2. The predicted molar refractivity (Wildman–Crippen MR) is 133 cm³/mol. The number of nitrogens with zero attached hydrogens (tertiary/aromatic N) is 2. The highest BCUT2D eigenvalue weighted by molar-refractivity contribution is 6.21. The van der Waals surface area contributed by atoms with Gasteiger partial charge in [0.2, 0.25) is 0 Å². The second-order valence-electron chi connectivity index (χ2n) is 8.24. The largest absolute Gasteiger partial charge is 0.328 e. The molecule has 7 nitrogen and oxygen atoms in total. The number of amides is 2. The van der Waals surface area contributed by atoms with Gasteiger partial charge in [0.25, 0.3) is 17.4 Å². The van der Waals surface area contributed by atoms with E-state index in [1.165, 1.54) is 16.3 Å². The van der Waals surface area contributed by atoms with E-state index in [0.29, 0.717) is 11.1 Å². The number of rotatable bonds is 7. The number of fused-ring (bicyclic) bond motifs is 1. The molecule has 0 atom stereocenters. The number of aromatic amines is 1. The number of unbranched alkanes of at least 4 members (excludes halogenated alkanes) is 1. The molecule has 2 aromatic carbocycles. The van der Waals surface area contributed by atoms with Gasteiger partial charge in [0.15, 0.2) is 0 Å². The Labute approximate surface area is 202 Å². The SMILES string of the molecule is CCCCc1ccc(C#Cc2cn(C/C=C/CN3C(=O)c4ccccc4C3=O)c(=O)[nH]c2=O)cc1. The summed E-state index contributed by atoms with van der Waals surface area (Å²) >= 11 is 0. The molecular weight excluding hydrogens is 442 g/mol. The van der Waals surface area contributed by atoms with Gasteiger partial charge in [-0.3, -0.25) is 28.8 Å². The van der Waals surface area contributed by atoms with Crippen molar-refractivity contribution in [1.29, 1.82) is 0 Å². The van der Waals surface area contributed by atoms with Gasteiger partial charge in [-0.1, -0.05) is 61.6 Å². The molecule has 4 rings (SSSR count). The third kappa shape index (κ3) is 5.39. The zero-order chi connectivity index (χ0) is 24.8. The maximum Gasteiger partial charge on any atom is 0.328 e. The van der Waals surface area contributed by atoms with Crippen LogP contribution in [0.5, 0.6) is 0 Å². The zero-order valence-electron chi connectivity index (χ0n) is 19.4. The molecule has 0 fully saturated rings. The smallest absolute Gasteiger partial charge is 0.296 e. The summed E-state index contributed by atoms with van der Waals surface area (Å²) in [5.41, 5.74) is 1.87. The van der Waals surface area contributed by atoms with Crippen LogP contribution >= 0.6 is 0 Å². The molecule has 3 aromatic rings. The number of aromatic nitrogens is 2. The van der Waals surface area contributed by atoms with Crippen molar-refractivity contribution in [2.24, 2.45) is 0 Å². The monoisotopic (exact) mass is 467 g/mol. The predicted octanol–water partition coefficient (Wildman–Crippen LogP) is 3.13. The minimum atomic E-state index is -0.564. The van der Waals surface area contributed by atoms with E-state index < -0.39 is 11.2 Å². The number of imide groups is 1. The fourth-order valence-electron chi connectivity index (χ4n) is 3.78. The molecule has 0 saturated carbocycles. The molecule has 0 spiro atoms. The van der Waals surface area contributed by atoms with Crippen LogP contribution in [0.15, 0.2) is 76.5 Å². The molecule has 2 amide bonds. The van der Waals surface area contributed by atoms with Gasteiger partial charge in [-0.05, 0) is 42.7 Å². The molecule has 0 saturated heterocycles. The molecule has 1 aliphatic rings. The van der Waals surface area contributed by atoms with Crippen molar-refractivity contribution < 1.29 is 9.59 Å². The van der Waals surface area contributed by atoms with Crippen molar-refractivity contribution in [2.75, 3.05) is 6.54 Å². The van der Waals surface area contributed by atoms with Crippen LogP contribution in [0.2, 0.25) is 0 Å². The van der Waals surface area contributed by atoms with Crippen molar-refractivity contribution in [3.63, 3.8) is 0 Å². The summed E-state index contributed by atoms with van der Waals surface area (Å²) in [6, 6.07) is 14.6. The van der Waals surface area contributed by atoms with Crippen LogP contribution in [-0.2, 0) is 13.0 Å². The number of aryl methyl sites for hydroxylation is 1. The summed E-state index contributed by atoms with van der Waals surface area (Å²) in [6.45, 7) is 2.39. The third-order valence-corrected chi connectivity index (χ3v) is 5.76. The van der Waals surface area contributed by atoms with Gasteiger partial charge in [0.05, 0.1) is 11.1 Å². The van der Waals surface area contributed by atoms with Crippen molar-refractivity contribution in [3.05, 3.63) is 116 Å². The molecule has 35 heavy (non-hydrogen) atoms. The Hall–Kier alpha value is -4.44. The van der Waals surface area contributed by atoms with Crippen LogP contribution in [0.4, 0.5) is 0 Å². The second kappa shape index (κ2) is 10.7. The van der Waals surface area contributed by atoms with Crippen LogP contribution in [0.1, 0.15) is 57.2 Å². The summed E-state index contributed by atoms with van der Waals surface area (Å²) in [5.74, 6) is 5.13. The first-order chi connectivity index (χ1) is 17.0. The molecule has 7 heteroatoms. The van der Waals surface area contributed by atoms with E-state index in [0.717, 1.165) is 29.7 Å². The number of H-pyrrole nitrogens is 1. The highest BCUT2D eigenvalue weighted by Gasteiger charge is 2.34. The number of allylic oxidation sites excluding steroid dienone is 1. The average Bonchev–Trinajstić information content (AvgIpc) is 3.11. The Morgan fingerprint density at radius 2 is 1.51 bits per heavy atom. The van der Waals surface area contributed by atoms with Crippen molar-refractivity contribution >= 4 is 11.8 Å². The number of benzene rings is 2. The molecule has 1 aliphatic heterocycles. The van der Waals surface area contributed by atoms with E-state index in [2.05, 4.69) is 23.7 Å². The van der Waals surface area contributed by atoms with Gasteiger partial charge in [-0.25, -0.2) is 4.79 Å². The summed E-state index contributed by atoms with van der Waals surface area (Å²) in [6.07, 6.45) is 8.01. The maximum absolute atomic E-state index is 12.4. The quantitative estimate of drug-likeness (QED) is 0.328. The molecule has 0 unspecified atom stereocenters. The average molecular weight is 468 g/mol. The Bertz CT molecular complexity index is 1430. The molecule has 0 radical (unpaired) electrons. The van der Waals surface area contributed by atoms with Gasteiger partial charge < -0.3 is 0 Å². The summed E-state index contributed by atoms with van der Waals surface area (Å²) < 4.78 is 1.32. The van der Waals surface area contributed by atoms with Gasteiger partial charge in [0.1, 0.15) is 5.56 Å². The Morgan fingerprint density at radius 3 is 2.17 bits per heavy atom. The first-order valence-corrected chi connectivity index (χ1v) is 11.5.